The molecule has 0 aliphatic carbocycles. The van der Waals surface area contributed by atoms with Crippen LogP contribution >= 0.6 is 0 Å². The van der Waals surface area contributed by atoms with Crippen molar-refractivity contribution in [2.24, 2.45) is 0 Å². The number of nitro benzene ring substituents is 1. The van der Waals surface area contributed by atoms with E-state index in [9.17, 15) is 10.1 Å². The van der Waals surface area contributed by atoms with Crippen molar-refractivity contribution in [1.29, 1.82) is 0 Å². The van der Waals surface area contributed by atoms with Crippen LogP contribution in [0.25, 0.3) is 0 Å². The maximum absolute atomic E-state index is 10.9. The Morgan fingerprint density at radius 2 is 1.83 bits per heavy atom. The van der Waals surface area contributed by atoms with Gasteiger partial charge in [-0.25, -0.2) is 9.97 Å². The molecule has 1 aromatic carbocycles. The Morgan fingerprint density at radius 1 is 1.13 bits per heavy atom. The van der Waals surface area contributed by atoms with E-state index in [1.807, 2.05) is 12.1 Å². The smallest absolute Gasteiger partial charge is 0.269 e. The number of hydrogen-bond acceptors (Lipinski definition) is 6. The van der Waals surface area contributed by atoms with E-state index in [0.717, 1.165) is 37.7 Å². The van der Waals surface area contributed by atoms with Crippen molar-refractivity contribution in [3.63, 3.8) is 0 Å². The van der Waals surface area contributed by atoms with Crippen molar-refractivity contribution in [1.82, 2.24) is 14.9 Å². The molecular formula is C16H19N5O2. The minimum absolute atomic E-state index is 0.144. The lowest BCUT2D eigenvalue weighted by Gasteiger charge is -2.38. The third-order valence-electron chi connectivity index (χ3n) is 4.26. The van der Waals surface area contributed by atoms with E-state index >= 15 is 0 Å². The summed E-state index contributed by atoms with van der Waals surface area (Å²) in [6.07, 6.45) is 3.50. The molecule has 0 radical (unpaired) electrons. The zero-order valence-electron chi connectivity index (χ0n) is 13.0. The number of nitro groups is 1. The fourth-order valence-corrected chi connectivity index (χ4v) is 2.87. The second-order valence-corrected chi connectivity index (χ2v) is 5.60. The van der Waals surface area contributed by atoms with Crippen molar-refractivity contribution < 1.29 is 4.92 Å². The molecule has 23 heavy (non-hydrogen) atoms. The molecule has 0 spiro atoms. The molecule has 0 amide bonds. The molecule has 1 fully saturated rings. The molecule has 0 saturated carbocycles. The highest BCUT2D eigenvalue weighted by atomic mass is 16.6. The van der Waals surface area contributed by atoms with Gasteiger partial charge >= 0.3 is 0 Å². The summed E-state index contributed by atoms with van der Waals surface area (Å²) in [6, 6.07) is 8.85. The highest BCUT2D eigenvalue weighted by molar-refractivity contribution is 5.36. The van der Waals surface area contributed by atoms with Gasteiger partial charge in [0.15, 0.2) is 0 Å². The first-order valence-electron chi connectivity index (χ1n) is 7.65. The zero-order chi connectivity index (χ0) is 16.2. The molecule has 1 aliphatic heterocycles. The summed E-state index contributed by atoms with van der Waals surface area (Å²) >= 11 is 0. The lowest BCUT2D eigenvalue weighted by atomic mass is 10.1. The van der Waals surface area contributed by atoms with E-state index < -0.39 is 0 Å². The molecule has 7 nitrogen and oxygen atoms in total. The molecule has 7 heteroatoms. The van der Waals surface area contributed by atoms with Crippen molar-refractivity contribution in [2.45, 2.75) is 13.0 Å². The number of aromatic nitrogens is 2. The Bertz CT molecular complexity index is 671. The average molecular weight is 313 g/mol. The SMILES string of the molecule is C[C@@H](c1cccc([N+](=O)[O-])c1)N1CCN(c2ncccn2)CC1. The van der Waals surface area contributed by atoms with Crippen LogP contribution < -0.4 is 4.90 Å². The van der Waals surface area contributed by atoms with Crippen molar-refractivity contribution in [3.8, 4) is 0 Å². The van der Waals surface area contributed by atoms with Gasteiger partial charge in [0.1, 0.15) is 0 Å². The van der Waals surface area contributed by atoms with Gasteiger partial charge in [-0.05, 0) is 18.6 Å². The van der Waals surface area contributed by atoms with E-state index in [1.54, 1.807) is 24.5 Å². The van der Waals surface area contributed by atoms with Gasteiger partial charge in [-0.3, -0.25) is 15.0 Å². The van der Waals surface area contributed by atoms with Gasteiger partial charge in [0.2, 0.25) is 5.95 Å². The first kappa shape index (κ1) is 15.4. The van der Waals surface area contributed by atoms with Gasteiger partial charge < -0.3 is 4.90 Å². The predicted molar refractivity (Wildman–Crippen MR) is 87.3 cm³/mol. The van der Waals surface area contributed by atoms with Crippen LogP contribution in [-0.4, -0.2) is 46.0 Å². The summed E-state index contributed by atoms with van der Waals surface area (Å²) in [6.45, 7) is 5.55. The van der Waals surface area contributed by atoms with Crippen LogP contribution in [0.2, 0.25) is 0 Å². The van der Waals surface area contributed by atoms with Crippen molar-refractivity contribution in [2.75, 3.05) is 31.1 Å². The molecule has 1 atom stereocenters. The number of anilines is 1. The summed E-state index contributed by atoms with van der Waals surface area (Å²) in [5.41, 5.74) is 1.12. The number of rotatable bonds is 4. The Morgan fingerprint density at radius 3 is 2.48 bits per heavy atom. The molecule has 3 rings (SSSR count). The standard InChI is InChI=1S/C16H19N5O2/c1-13(14-4-2-5-15(12-14)21(22)23)19-8-10-20(11-9-19)16-17-6-3-7-18-16/h2-7,12-13H,8-11H2,1H3/t13-/m0/s1. The van der Waals surface area contributed by atoms with Crippen LogP contribution in [-0.2, 0) is 0 Å². The molecule has 1 aliphatic rings. The van der Waals surface area contributed by atoms with Crippen LogP contribution in [0.4, 0.5) is 11.6 Å². The van der Waals surface area contributed by atoms with Crippen LogP contribution in [0.15, 0.2) is 42.7 Å². The van der Waals surface area contributed by atoms with Crippen LogP contribution in [0, 0.1) is 10.1 Å². The van der Waals surface area contributed by atoms with Gasteiger partial charge in [0.05, 0.1) is 4.92 Å². The van der Waals surface area contributed by atoms with E-state index in [2.05, 4.69) is 26.7 Å². The highest BCUT2D eigenvalue weighted by Gasteiger charge is 2.24. The maximum atomic E-state index is 10.9. The van der Waals surface area contributed by atoms with E-state index in [1.165, 1.54) is 6.07 Å². The highest BCUT2D eigenvalue weighted by Crippen LogP contribution is 2.25. The molecule has 2 heterocycles. The normalized spacial score (nSPS) is 17.0. The third-order valence-corrected chi connectivity index (χ3v) is 4.26. The van der Waals surface area contributed by atoms with Gasteiger partial charge in [0, 0.05) is 56.7 Å². The first-order valence-corrected chi connectivity index (χ1v) is 7.65. The number of benzene rings is 1. The maximum Gasteiger partial charge on any atom is 0.269 e. The topological polar surface area (TPSA) is 75.4 Å². The molecule has 0 N–H and O–H groups in total. The Balaban J connectivity index is 1.65. The van der Waals surface area contributed by atoms with E-state index in [-0.39, 0.29) is 16.7 Å². The summed E-state index contributed by atoms with van der Waals surface area (Å²) in [5.74, 6) is 0.759. The molecule has 1 saturated heterocycles. The third kappa shape index (κ3) is 3.45. The lowest BCUT2D eigenvalue weighted by molar-refractivity contribution is -0.384. The number of piperazine rings is 1. The minimum atomic E-state index is -0.346. The average Bonchev–Trinajstić information content (AvgIpc) is 2.62. The first-order chi connectivity index (χ1) is 11.1. The molecule has 1 aromatic heterocycles. The summed E-state index contributed by atoms with van der Waals surface area (Å²) in [7, 11) is 0. The molecule has 0 bridgehead atoms. The predicted octanol–water partition coefficient (Wildman–Crippen LogP) is 2.27. The molecular weight excluding hydrogens is 294 g/mol. The van der Waals surface area contributed by atoms with Gasteiger partial charge in [-0.15, -0.1) is 0 Å². The fraction of sp³-hybridized carbons (Fsp3) is 0.375. The number of hydrogen-bond donors (Lipinski definition) is 0. The van der Waals surface area contributed by atoms with Gasteiger partial charge in [0.25, 0.3) is 5.69 Å². The molecule has 2 aromatic rings. The van der Waals surface area contributed by atoms with E-state index in [4.69, 9.17) is 0 Å². The second-order valence-electron chi connectivity index (χ2n) is 5.60. The quantitative estimate of drug-likeness (QED) is 0.636. The number of nitrogens with zero attached hydrogens (tertiary/aromatic N) is 5. The second kappa shape index (κ2) is 6.70. The van der Waals surface area contributed by atoms with Crippen LogP contribution in [0.5, 0.6) is 0 Å². The monoisotopic (exact) mass is 313 g/mol. The summed E-state index contributed by atoms with van der Waals surface area (Å²) in [5, 5.41) is 10.9. The largest absolute Gasteiger partial charge is 0.338 e. The van der Waals surface area contributed by atoms with Gasteiger partial charge in [-0.2, -0.15) is 0 Å². The lowest BCUT2D eigenvalue weighted by Crippen LogP contribution is -2.47. The molecule has 0 unspecified atom stereocenters. The zero-order valence-corrected chi connectivity index (χ0v) is 13.0. The van der Waals surface area contributed by atoms with Gasteiger partial charge in [-0.1, -0.05) is 12.1 Å². The van der Waals surface area contributed by atoms with E-state index in [0.29, 0.717) is 0 Å². The van der Waals surface area contributed by atoms with Crippen molar-refractivity contribution >= 4 is 11.6 Å². The Kier molecular flexibility index (Phi) is 4.47. The van der Waals surface area contributed by atoms with Crippen LogP contribution in [0.1, 0.15) is 18.5 Å². The summed E-state index contributed by atoms with van der Waals surface area (Å²) in [4.78, 5) is 23.6. The Hall–Kier alpha value is -2.54. The van der Waals surface area contributed by atoms with Crippen LogP contribution in [0.3, 0.4) is 0 Å². The fourth-order valence-electron chi connectivity index (χ4n) is 2.87. The summed E-state index contributed by atoms with van der Waals surface area (Å²) < 4.78 is 0. The van der Waals surface area contributed by atoms with Crippen molar-refractivity contribution in [3.05, 3.63) is 58.4 Å². The Labute approximate surface area is 134 Å². The minimum Gasteiger partial charge on any atom is -0.338 e. The number of non-ortho nitro benzene ring substituents is 1. The molecule has 120 valence electrons.